The Morgan fingerprint density at radius 3 is 2.61 bits per heavy atom. The summed E-state index contributed by atoms with van der Waals surface area (Å²) in [5, 5.41) is 1.63. The summed E-state index contributed by atoms with van der Waals surface area (Å²) in [7, 11) is 0. The summed E-state index contributed by atoms with van der Waals surface area (Å²) >= 11 is 0. The lowest BCUT2D eigenvalue weighted by Crippen LogP contribution is -2.24. The molecule has 0 fully saturated rings. The highest BCUT2D eigenvalue weighted by molar-refractivity contribution is 6.03. The van der Waals surface area contributed by atoms with E-state index in [0.717, 1.165) is 10.8 Å². The highest BCUT2D eigenvalue weighted by atomic mass is 16.6. The average molecular weight is 244 g/mol. The van der Waals surface area contributed by atoms with Crippen LogP contribution >= 0.6 is 0 Å². The van der Waals surface area contributed by atoms with Gasteiger partial charge >= 0.3 is 5.97 Å². The Morgan fingerprint density at radius 1 is 1.28 bits per heavy atom. The summed E-state index contributed by atoms with van der Waals surface area (Å²) in [6.07, 6.45) is 0. The average Bonchev–Trinajstić information content (AvgIpc) is 2.25. The number of benzene rings is 1. The molecule has 18 heavy (non-hydrogen) atoms. The number of aromatic nitrogens is 1. The van der Waals surface area contributed by atoms with E-state index in [4.69, 9.17) is 10.5 Å². The standard InChI is InChI=1S/C14H16N2O2/c1-14(2,3)18-13(17)12-10-7-5-4-6-9(10)8-11(15)16-12/h4-8H,1-3H3,(H2,15,16). The van der Waals surface area contributed by atoms with Crippen LogP contribution in [0.3, 0.4) is 0 Å². The molecule has 0 saturated carbocycles. The SMILES string of the molecule is CC(C)(C)OC(=O)c1nc(N)cc2ccccc12. The van der Waals surface area contributed by atoms with Gasteiger partial charge in [-0.05, 0) is 32.2 Å². The van der Waals surface area contributed by atoms with Gasteiger partial charge in [-0.3, -0.25) is 0 Å². The van der Waals surface area contributed by atoms with Crippen LogP contribution in [0.5, 0.6) is 0 Å². The molecule has 0 amide bonds. The first-order chi connectivity index (χ1) is 8.37. The van der Waals surface area contributed by atoms with Crippen molar-refractivity contribution in [1.29, 1.82) is 0 Å². The summed E-state index contributed by atoms with van der Waals surface area (Å²) in [6.45, 7) is 5.46. The van der Waals surface area contributed by atoms with Gasteiger partial charge in [0.15, 0.2) is 5.69 Å². The largest absolute Gasteiger partial charge is 0.455 e. The Hall–Kier alpha value is -2.10. The smallest absolute Gasteiger partial charge is 0.358 e. The number of nitrogens with two attached hydrogens (primary N) is 1. The maximum Gasteiger partial charge on any atom is 0.358 e. The summed E-state index contributed by atoms with van der Waals surface area (Å²) in [4.78, 5) is 16.2. The second-order valence-electron chi connectivity index (χ2n) is 5.12. The van der Waals surface area contributed by atoms with Crippen LogP contribution in [0.4, 0.5) is 5.82 Å². The van der Waals surface area contributed by atoms with E-state index in [1.807, 2.05) is 45.0 Å². The third-order valence-corrected chi connectivity index (χ3v) is 2.35. The second-order valence-corrected chi connectivity index (χ2v) is 5.12. The Labute approximate surface area is 106 Å². The fraction of sp³-hybridized carbons (Fsp3) is 0.286. The van der Waals surface area contributed by atoms with Gasteiger partial charge in [-0.25, -0.2) is 9.78 Å². The Kier molecular flexibility index (Phi) is 2.95. The number of ether oxygens (including phenoxy) is 1. The maximum absolute atomic E-state index is 12.1. The van der Waals surface area contributed by atoms with Gasteiger partial charge in [-0.15, -0.1) is 0 Å². The van der Waals surface area contributed by atoms with Crippen LogP contribution in [0, 0.1) is 0 Å². The second kappa shape index (κ2) is 4.29. The zero-order valence-corrected chi connectivity index (χ0v) is 10.7. The molecule has 4 nitrogen and oxygen atoms in total. The zero-order chi connectivity index (χ0) is 13.3. The van der Waals surface area contributed by atoms with E-state index >= 15 is 0 Å². The number of hydrogen-bond acceptors (Lipinski definition) is 4. The molecule has 0 radical (unpaired) electrons. The number of nitrogen functional groups attached to an aromatic ring is 1. The van der Waals surface area contributed by atoms with E-state index in [9.17, 15) is 4.79 Å². The molecule has 2 rings (SSSR count). The number of fused-ring (bicyclic) bond motifs is 1. The van der Waals surface area contributed by atoms with E-state index in [1.54, 1.807) is 6.07 Å². The first-order valence-corrected chi connectivity index (χ1v) is 5.75. The van der Waals surface area contributed by atoms with Gasteiger partial charge in [0.25, 0.3) is 0 Å². The summed E-state index contributed by atoms with van der Waals surface area (Å²) in [5.41, 5.74) is 5.42. The molecule has 2 N–H and O–H groups in total. The lowest BCUT2D eigenvalue weighted by Gasteiger charge is -2.19. The summed E-state index contributed by atoms with van der Waals surface area (Å²) < 4.78 is 5.33. The van der Waals surface area contributed by atoms with Crippen molar-refractivity contribution >= 4 is 22.6 Å². The van der Waals surface area contributed by atoms with E-state index in [1.165, 1.54) is 0 Å². The van der Waals surface area contributed by atoms with Crippen molar-refractivity contribution in [3.05, 3.63) is 36.0 Å². The third kappa shape index (κ3) is 2.59. The number of carbonyl (C=O) groups is 1. The summed E-state index contributed by atoms with van der Waals surface area (Å²) in [6, 6.07) is 9.21. The highest BCUT2D eigenvalue weighted by Crippen LogP contribution is 2.21. The van der Waals surface area contributed by atoms with E-state index in [2.05, 4.69) is 4.98 Å². The lowest BCUT2D eigenvalue weighted by atomic mass is 10.1. The van der Waals surface area contributed by atoms with Crippen LogP contribution in [0.25, 0.3) is 10.8 Å². The fourth-order valence-corrected chi connectivity index (χ4v) is 1.70. The minimum atomic E-state index is -0.551. The van der Waals surface area contributed by atoms with Gasteiger partial charge in [0.1, 0.15) is 11.4 Å². The number of nitrogens with zero attached hydrogens (tertiary/aromatic N) is 1. The number of pyridine rings is 1. The number of rotatable bonds is 1. The molecule has 0 spiro atoms. The van der Waals surface area contributed by atoms with Gasteiger partial charge < -0.3 is 10.5 Å². The number of hydrogen-bond donors (Lipinski definition) is 1. The van der Waals surface area contributed by atoms with Crippen LogP contribution in [0.2, 0.25) is 0 Å². The quantitative estimate of drug-likeness (QED) is 0.783. The normalized spacial score (nSPS) is 11.5. The molecule has 1 heterocycles. The minimum absolute atomic E-state index is 0.264. The molecule has 2 aromatic rings. The van der Waals surface area contributed by atoms with Crippen molar-refractivity contribution in [2.45, 2.75) is 26.4 Å². The molecule has 1 aromatic heterocycles. The van der Waals surface area contributed by atoms with E-state index < -0.39 is 11.6 Å². The van der Waals surface area contributed by atoms with Crippen molar-refractivity contribution in [3.8, 4) is 0 Å². The maximum atomic E-state index is 12.1. The third-order valence-electron chi connectivity index (χ3n) is 2.35. The number of carbonyl (C=O) groups excluding carboxylic acids is 1. The minimum Gasteiger partial charge on any atom is -0.455 e. The molecule has 0 aliphatic heterocycles. The summed E-state index contributed by atoms with van der Waals surface area (Å²) in [5.74, 6) is -0.138. The molecule has 0 saturated heterocycles. The Balaban J connectivity index is 2.53. The molecule has 0 unspecified atom stereocenters. The van der Waals surface area contributed by atoms with Crippen LogP contribution < -0.4 is 5.73 Å². The Bertz CT molecular complexity index is 600. The van der Waals surface area contributed by atoms with Gasteiger partial charge in [0.05, 0.1) is 0 Å². The van der Waals surface area contributed by atoms with Crippen molar-refractivity contribution in [3.63, 3.8) is 0 Å². The molecule has 0 aliphatic carbocycles. The van der Waals surface area contributed by atoms with E-state index in [-0.39, 0.29) is 5.69 Å². The van der Waals surface area contributed by atoms with Crippen molar-refractivity contribution in [2.24, 2.45) is 0 Å². The van der Waals surface area contributed by atoms with Gasteiger partial charge in [-0.2, -0.15) is 0 Å². The van der Waals surface area contributed by atoms with Crippen LogP contribution in [0.1, 0.15) is 31.3 Å². The van der Waals surface area contributed by atoms with Crippen LogP contribution in [0.15, 0.2) is 30.3 Å². The number of esters is 1. The number of anilines is 1. The first-order valence-electron chi connectivity index (χ1n) is 5.75. The topological polar surface area (TPSA) is 65.2 Å². The fourth-order valence-electron chi connectivity index (χ4n) is 1.70. The predicted octanol–water partition coefficient (Wildman–Crippen LogP) is 2.77. The molecular weight excluding hydrogens is 228 g/mol. The molecule has 0 aliphatic rings. The molecule has 1 aromatic carbocycles. The molecular formula is C14H16N2O2. The lowest BCUT2D eigenvalue weighted by molar-refractivity contribution is 0.00655. The van der Waals surface area contributed by atoms with E-state index in [0.29, 0.717) is 5.82 Å². The van der Waals surface area contributed by atoms with Crippen molar-refractivity contribution < 1.29 is 9.53 Å². The van der Waals surface area contributed by atoms with Gasteiger partial charge in [-0.1, -0.05) is 24.3 Å². The van der Waals surface area contributed by atoms with Crippen LogP contribution in [-0.4, -0.2) is 16.6 Å². The molecule has 94 valence electrons. The predicted molar refractivity (Wildman–Crippen MR) is 71.3 cm³/mol. The van der Waals surface area contributed by atoms with Gasteiger partial charge in [0, 0.05) is 5.39 Å². The zero-order valence-electron chi connectivity index (χ0n) is 10.7. The van der Waals surface area contributed by atoms with Crippen molar-refractivity contribution in [1.82, 2.24) is 4.98 Å². The molecule has 0 atom stereocenters. The molecule has 4 heteroatoms. The Morgan fingerprint density at radius 2 is 1.94 bits per heavy atom. The monoisotopic (exact) mass is 244 g/mol. The molecule has 0 bridgehead atoms. The first kappa shape index (κ1) is 12.4. The van der Waals surface area contributed by atoms with Crippen molar-refractivity contribution in [2.75, 3.05) is 5.73 Å². The van der Waals surface area contributed by atoms with Crippen LogP contribution in [-0.2, 0) is 4.74 Å². The highest BCUT2D eigenvalue weighted by Gasteiger charge is 2.21. The van der Waals surface area contributed by atoms with Gasteiger partial charge in [0.2, 0.25) is 0 Å².